The van der Waals surface area contributed by atoms with Crippen LogP contribution in [0.2, 0.25) is 0 Å². The Kier molecular flexibility index (Phi) is 6.80. The van der Waals surface area contributed by atoms with E-state index in [0.29, 0.717) is 10.9 Å². The molecule has 0 aliphatic rings. The van der Waals surface area contributed by atoms with Crippen molar-refractivity contribution in [3.05, 3.63) is 158 Å². The Balaban J connectivity index is 1.09. The highest BCUT2D eigenvalue weighted by Crippen LogP contribution is 2.43. The fraction of sp³-hybridized carbons (Fsp3) is 0. The van der Waals surface area contributed by atoms with Crippen LogP contribution >= 0.6 is 0 Å². The van der Waals surface area contributed by atoms with Crippen molar-refractivity contribution in [3.8, 4) is 45.4 Å². The normalized spacial score (nSPS) is 11.9. The van der Waals surface area contributed by atoms with Crippen molar-refractivity contribution < 1.29 is 15.3 Å². The standard InChI is InChI=1S/C48H33B2N3O3/c49-43-44(50)47(55)48(56)45(46(43)54)53-40-19-8-4-15-34(40)36-25-28(21-23-42(36)53)27-20-22-41-35(24-27)33-14-3-7-18-39(33)52(41)30-11-9-10-29(26-30)51-37-16-5-1-12-31(37)32-13-2-6-17-38(32)51/h1-26,54-56H,49-50H2. The molecule has 0 fully saturated rings. The van der Waals surface area contributed by atoms with Gasteiger partial charge in [0.25, 0.3) is 0 Å². The van der Waals surface area contributed by atoms with Crippen LogP contribution in [0.5, 0.6) is 17.2 Å². The second-order valence-corrected chi connectivity index (χ2v) is 14.7. The van der Waals surface area contributed by atoms with Gasteiger partial charge in [-0.25, -0.2) is 0 Å². The van der Waals surface area contributed by atoms with E-state index < -0.39 is 0 Å². The molecular weight excluding hydrogens is 688 g/mol. The van der Waals surface area contributed by atoms with Crippen molar-refractivity contribution in [2.24, 2.45) is 0 Å². The van der Waals surface area contributed by atoms with E-state index in [0.717, 1.165) is 60.7 Å². The number of fused-ring (bicyclic) bond motifs is 9. The molecule has 0 unspecified atom stereocenters. The van der Waals surface area contributed by atoms with Crippen LogP contribution in [0, 0.1) is 0 Å². The Labute approximate surface area is 323 Å². The highest BCUT2D eigenvalue weighted by atomic mass is 16.3. The molecular formula is C48H33B2N3O3. The molecule has 0 aliphatic heterocycles. The summed E-state index contributed by atoms with van der Waals surface area (Å²) in [7, 11) is 3.43. The Morgan fingerprint density at radius 3 is 1.18 bits per heavy atom. The molecule has 3 heterocycles. The average Bonchev–Trinajstić information content (AvgIpc) is 3.88. The van der Waals surface area contributed by atoms with Crippen LogP contribution in [0.1, 0.15) is 0 Å². The SMILES string of the molecule is Bc1c(B)c(O)c(-n2c3ccccc3c3cc(-c4ccc5c(c4)c4ccccc4n5-c4cccc(-n5c6ccccc6c6ccccc65)c4)ccc32)c(O)c1O. The lowest BCUT2D eigenvalue weighted by Gasteiger charge is -2.17. The van der Waals surface area contributed by atoms with Gasteiger partial charge in [-0.1, -0.05) is 91.0 Å². The molecule has 0 saturated heterocycles. The molecule has 0 spiro atoms. The zero-order chi connectivity index (χ0) is 37.8. The number of phenols is 3. The van der Waals surface area contributed by atoms with Gasteiger partial charge < -0.3 is 29.0 Å². The molecule has 0 radical (unpaired) electrons. The first kappa shape index (κ1) is 32.1. The summed E-state index contributed by atoms with van der Waals surface area (Å²) in [6.45, 7) is 0. The van der Waals surface area contributed by atoms with Gasteiger partial charge >= 0.3 is 0 Å². The maximum absolute atomic E-state index is 11.3. The van der Waals surface area contributed by atoms with Gasteiger partial charge in [-0.05, 0) is 88.8 Å². The number of para-hydroxylation sites is 4. The van der Waals surface area contributed by atoms with Crippen LogP contribution in [0.25, 0.3) is 93.6 Å². The molecule has 8 heteroatoms. The van der Waals surface area contributed by atoms with E-state index in [9.17, 15) is 15.3 Å². The Morgan fingerprint density at radius 2 is 0.696 bits per heavy atom. The fourth-order valence-electron chi connectivity index (χ4n) is 8.94. The summed E-state index contributed by atoms with van der Waals surface area (Å²) in [6.07, 6.45) is 0. The van der Waals surface area contributed by atoms with E-state index in [-0.39, 0.29) is 22.9 Å². The molecule has 8 aromatic carbocycles. The van der Waals surface area contributed by atoms with Crippen molar-refractivity contribution in [1.29, 1.82) is 0 Å². The first-order valence-electron chi connectivity index (χ1n) is 18.8. The van der Waals surface area contributed by atoms with Gasteiger partial charge in [-0.3, -0.25) is 0 Å². The number of nitrogens with zero attached hydrogens (tertiary/aromatic N) is 3. The molecule has 0 saturated carbocycles. The summed E-state index contributed by atoms with van der Waals surface area (Å²) in [4.78, 5) is 0. The van der Waals surface area contributed by atoms with Crippen molar-refractivity contribution in [3.63, 3.8) is 0 Å². The minimum Gasteiger partial charge on any atom is -0.506 e. The molecule has 3 N–H and O–H groups in total. The van der Waals surface area contributed by atoms with Crippen molar-refractivity contribution in [1.82, 2.24) is 13.7 Å². The molecule has 56 heavy (non-hydrogen) atoms. The minimum absolute atomic E-state index is 0.0630. The van der Waals surface area contributed by atoms with Crippen LogP contribution in [-0.2, 0) is 0 Å². The number of rotatable bonds is 4. The van der Waals surface area contributed by atoms with E-state index in [2.05, 4.69) is 143 Å². The molecule has 11 aromatic rings. The molecule has 0 aliphatic carbocycles. The number of hydrogen-bond donors (Lipinski definition) is 3. The van der Waals surface area contributed by atoms with Crippen molar-refractivity contribution >= 4 is 92.0 Å². The fourth-order valence-corrected chi connectivity index (χ4v) is 8.94. The number of aromatic hydroxyl groups is 3. The Bertz CT molecular complexity index is 3370. The average molecular weight is 721 g/mol. The third-order valence-corrected chi connectivity index (χ3v) is 11.8. The predicted molar refractivity (Wildman–Crippen MR) is 236 cm³/mol. The van der Waals surface area contributed by atoms with Gasteiger partial charge in [-0.15, -0.1) is 0 Å². The van der Waals surface area contributed by atoms with Gasteiger partial charge in [-0.2, -0.15) is 0 Å². The monoisotopic (exact) mass is 721 g/mol. The summed E-state index contributed by atoms with van der Waals surface area (Å²) < 4.78 is 6.56. The molecule has 0 bridgehead atoms. The van der Waals surface area contributed by atoms with Gasteiger partial charge in [0.05, 0.1) is 33.1 Å². The number of benzene rings is 8. The quantitative estimate of drug-likeness (QED) is 0.0974. The minimum atomic E-state index is -0.347. The third-order valence-electron chi connectivity index (χ3n) is 11.8. The van der Waals surface area contributed by atoms with Crippen LogP contribution in [0.15, 0.2) is 158 Å². The second-order valence-electron chi connectivity index (χ2n) is 14.7. The summed E-state index contributed by atoms with van der Waals surface area (Å²) in [6, 6.07) is 55.6. The first-order valence-corrected chi connectivity index (χ1v) is 18.8. The Morgan fingerprint density at radius 1 is 0.321 bits per heavy atom. The highest BCUT2D eigenvalue weighted by molar-refractivity contribution is 6.51. The maximum Gasteiger partial charge on any atom is 0.185 e. The van der Waals surface area contributed by atoms with E-state index in [1.165, 1.54) is 27.2 Å². The zero-order valence-electron chi connectivity index (χ0n) is 30.7. The third kappa shape index (κ3) is 4.41. The Hall–Kier alpha value is -7.31. The maximum atomic E-state index is 11.3. The summed E-state index contributed by atoms with van der Waals surface area (Å²) in [5.41, 5.74) is 11.7. The van der Waals surface area contributed by atoms with Crippen LogP contribution in [0.4, 0.5) is 0 Å². The van der Waals surface area contributed by atoms with Gasteiger partial charge in [0.1, 0.15) is 27.1 Å². The molecule has 11 rings (SSSR count). The van der Waals surface area contributed by atoms with E-state index >= 15 is 0 Å². The van der Waals surface area contributed by atoms with Crippen LogP contribution in [0.3, 0.4) is 0 Å². The lowest BCUT2D eigenvalue weighted by atomic mass is 9.78. The van der Waals surface area contributed by atoms with E-state index in [4.69, 9.17) is 0 Å². The van der Waals surface area contributed by atoms with Gasteiger partial charge in [0.15, 0.2) is 11.5 Å². The summed E-state index contributed by atoms with van der Waals surface area (Å²) in [5, 5.41) is 40.1. The lowest BCUT2D eigenvalue weighted by molar-refractivity contribution is 0.399. The first-order chi connectivity index (χ1) is 27.4. The molecule has 3 aromatic heterocycles. The van der Waals surface area contributed by atoms with Crippen LogP contribution < -0.4 is 10.9 Å². The number of aromatic nitrogens is 3. The molecule has 0 amide bonds. The molecule has 6 nitrogen and oxygen atoms in total. The molecule has 264 valence electrons. The van der Waals surface area contributed by atoms with Gasteiger partial charge in [0, 0.05) is 43.7 Å². The predicted octanol–water partition coefficient (Wildman–Crippen LogP) is 8.28. The van der Waals surface area contributed by atoms with Crippen molar-refractivity contribution in [2.75, 3.05) is 0 Å². The highest BCUT2D eigenvalue weighted by Gasteiger charge is 2.24. The second kappa shape index (κ2) is 11.8. The van der Waals surface area contributed by atoms with Crippen molar-refractivity contribution in [2.45, 2.75) is 0 Å². The number of hydrogen-bond acceptors (Lipinski definition) is 3. The van der Waals surface area contributed by atoms with Gasteiger partial charge in [0.2, 0.25) is 0 Å². The zero-order valence-corrected chi connectivity index (χ0v) is 30.7. The topological polar surface area (TPSA) is 75.5 Å². The van der Waals surface area contributed by atoms with E-state index in [1.807, 2.05) is 28.8 Å². The molecule has 0 atom stereocenters. The number of phenolic OH excluding ortho intramolecular Hbond substituents is 3. The smallest absolute Gasteiger partial charge is 0.185 e. The largest absolute Gasteiger partial charge is 0.506 e. The van der Waals surface area contributed by atoms with Crippen LogP contribution in [-0.4, -0.2) is 44.7 Å². The summed E-state index contributed by atoms with van der Waals surface area (Å²) >= 11 is 0. The van der Waals surface area contributed by atoms with E-state index in [1.54, 1.807) is 15.7 Å². The summed E-state index contributed by atoms with van der Waals surface area (Å²) in [5.74, 6) is -0.643. The lowest BCUT2D eigenvalue weighted by Crippen LogP contribution is -2.27.